The molecule has 11 aromatic rings. The van der Waals surface area contributed by atoms with Gasteiger partial charge in [0.1, 0.15) is 0 Å². The van der Waals surface area contributed by atoms with Crippen LogP contribution in [0, 0.1) is 0 Å². The predicted molar refractivity (Wildman–Crippen MR) is 231 cm³/mol. The van der Waals surface area contributed by atoms with Crippen LogP contribution in [0.5, 0.6) is 0 Å². The van der Waals surface area contributed by atoms with Gasteiger partial charge in [0.2, 0.25) is 0 Å². The van der Waals surface area contributed by atoms with Gasteiger partial charge in [-0.05, 0) is 79.8 Å². The molecule has 3 heteroatoms. The van der Waals surface area contributed by atoms with Gasteiger partial charge in [-0.15, -0.1) is 0 Å². The zero-order valence-electron chi connectivity index (χ0n) is 29.9. The topological polar surface area (TPSA) is 30.7 Å². The van der Waals surface area contributed by atoms with Crippen molar-refractivity contribution in [2.24, 2.45) is 0 Å². The number of fused-ring (bicyclic) bond motifs is 7. The highest BCUT2D eigenvalue weighted by molar-refractivity contribution is 6.20. The highest BCUT2D eigenvalue weighted by Gasteiger charge is 2.18. The molecule has 9 aromatic carbocycles. The van der Waals surface area contributed by atoms with E-state index in [4.69, 9.17) is 9.97 Å². The third kappa shape index (κ3) is 5.20. The van der Waals surface area contributed by atoms with Gasteiger partial charge < -0.3 is 4.57 Å². The SMILES string of the molecule is c1ccc(-c2ccc(-c3nc(-c4cccc(-n5c6ccccc6c6ccccc65)c4)cc(-c4c5ccccc5cc5c4ccc4ccccc45)n3)cc2)cc1. The lowest BCUT2D eigenvalue weighted by Crippen LogP contribution is -1.98. The van der Waals surface area contributed by atoms with Gasteiger partial charge in [-0.25, -0.2) is 9.97 Å². The minimum absolute atomic E-state index is 0.691. The average molecular weight is 700 g/mol. The Hall–Kier alpha value is -7.36. The van der Waals surface area contributed by atoms with Crippen LogP contribution < -0.4 is 0 Å². The van der Waals surface area contributed by atoms with Gasteiger partial charge in [0.05, 0.1) is 22.4 Å². The van der Waals surface area contributed by atoms with E-state index < -0.39 is 0 Å². The molecule has 0 amide bonds. The van der Waals surface area contributed by atoms with Crippen LogP contribution in [0.3, 0.4) is 0 Å². The zero-order valence-corrected chi connectivity index (χ0v) is 29.9. The van der Waals surface area contributed by atoms with Crippen molar-refractivity contribution in [2.45, 2.75) is 0 Å². The number of hydrogen-bond acceptors (Lipinski definition) is 2. The Balaban J connectivity index is 1.16. The number of aromatic nitrogens is 3. The Bertz CT molecular complexity index is 3200. The Morgan fingerprint density at radius 1 is 0.309 bits per heavy atom. The van der Waals surface area contributed by atoms with Crippen molar-refractivity contribution >= 4 is 54.1 Å². The number of hydrogen-bond donors (Lipinski definition) is 0. The summed E-state index contributed by atoms with van der Waals surface area (Å²) in [6, 6.07) is 71.5. The monoisotopic (exact) mass is 699 g/mol. The van der Waals surface area contributed by atoms with Crippen molar-refractivity contribution in [3.8, 4) is 50.7 Å². The van der Waals surface area contributed by atoms with E-state index in [1.165, 1.54) is 59.7 Å². The Morgan fingerprint density at radius 3 is 1.65 bits per heavy atom. The molecule has 0 aliphatic rings. The van der Waals surface area contributed by atoms with Crippen molar-refractivity contribution in [3.63, 3.8) is 0 Å². The zero-order chi connectivity index (χ0) is 36.3. The molecule has 256 valence electrons. The van der Waals surface area contributed by atoms with Gasteiger partial charge in [0, 0.05) is 33.2 Å². The van der Waals surface area contributed by atoms with E-state index in [1.54, 1.807) is 0 Å². The number of para-hydroxylation sites is 2. The molecule has 3 nitrogen and oxygen atoms in total. The van der Waals surface area contributed by atoms with E-state index in [2.05, 4.69) is 205 Å². The van der Waals surface area contributed by atoms with Crippen LogP contribution in [0.4, 0.5) is 0 Å². The molecule has 55 heavy (non-hydrogen) atoms. The molecule has 0 fully saturated rings. The van der Waals surface area contributed by atoms with Crippen LogP contribution in [0.25, 0.3) is 105 Å². The molecule has 0 aliphatic heterocycles. The van der Waals surface area contributed by atoms with Crippen molar-refractivity contribution in [3.05, 3.63) is 200 Å². The Kier molecular flexibility index (Phi) is 7.17. The molecule has 0 radical (unpaired) electrons. The van der Waals surface area contributed by atoms with Crippen LogP contribution in [-0.4, -0.2) is 14.5 Å². The van der Waals surface area contributed by atoms with E-state index in [9.17, 15) is 0 Å². The molecule has 2 aromatic heterocycles. The second kappa shape index (κ2) is 12.6. The molecule has 0 unspecified atom stereocenters. The van der Waals surface area contributed by atoms with Gasteiger partial charge in [-0.3, -0.25) is 0 Å². The standard InChI is InChI=1S/C52H33N3/c1-2-13-34(14-3-1)35-25-27-37(28-26-35)52-53-47(39-17-12-18-40(31-39)55-49-23-10-8-21-43(49)44-22-9-11-24-50(44)55)33-48(54-52)51-42-20-7-5-16-38(42)32-46-41-19-6-4-15-36(41)29-30-45(46)51/h1-33H. The number of nitrogens with zero attached hydrogens (tertiary/aromatic N) is 3. The van der Waals surface area contributed by atoms with Gasteiger partial charge in [-0.1, -0.05) is 164 Å². The van der Waals surface area contributed by atoms with Crippen LogP contribution in [0.1, 0.15) is 0 Å². The van der Waals surface area contributed by atoms with Crippen LogP contribution >= 0.6 is 0 Å². The molecule has 0 aliphatic carbocycles. The first-order valence-electron chi connectivity index (χ1n) is 18.7. The predicted octanol–water partition coefficient (Wildman–Crippen LogP) is 13.7. The first-order chi connectivity index (χ1) is 27.3. The molecule has 11 rings (SSSR count). The van der Waals surface area contributed by atoms with Gasteiger partial charge in [0.25, 0.3) is 0 Å². The summed E-state index contributed by atoms with van der Waals surface area (Å²) in [4.78, 5) is 10.8. The van der Waals surface area contributed by atoms with E-state index in [-0.39, 0.29) is 0 Å². The van der Waals surface area contributed by atoms with E-state index in [0.29, 0.717) is 5.82 Å². The van der Waals surface area contributed by atoms with Crippen LogP contribution in [0.2, 0.25) is 0 Å². The van der Waals surface area contributed by atoms with Gasteiger partial charge in [-0.2, -0.15) is 0 Å². The first kappa shape index (κ1) is 31.2. The molecular formula is C52H33N3. The first-order valence-corrected chi connectivity index (χ1v) is 18.7. The average Bonchev–Trinajstić information content (AvgIpc) is 3.60. The highest BCUT2D eigenvalue weighted by atomic mass is 15.0. The maximum Gasteiger partial charge on any atom is 0.160 e. The highest BCUT2D eigenvalue weighted by Crippen LogP contribution is 2.41. The maximum atomic E-state index is 5.42. The molecule has 2 heterocycles. The summed E-state index contributed by atoms with van der Waals surface area (Å²) in [5.41, 5.74) is 10.7. The van der Waals surface area contributed by atoms with Crippen LogP contribution in [0.15, 0.2) is 200 Å². The second-order valence-electron chi connectivity index (χ2n) is 14.2. The summed E-state index contributed by atoms with van der Waals surface area (Å²) in [7, 11) is 0. The van der Waals surface area contributed by atoms with Crippen molar-refractivity contribution in [1.82, 2.24) is 14.5 Å². The van der Waals surface area contributed by atoms with Crippen molar-refractivity contribution in [2.75, 3.05) is 0 Å². The summed E-state index contributed by atoms with van der Waals surface area (Å²) < 4.78 is 2.36. The van der Waals surface area contributed by atoms with Crippen LogP contribution in [-0.2, 0) is 0 Å². The fraction of sp³-hybridized carbons (Fsp3) is 0. The lowest BCUT2D eigenvalue weighted by Gasteiger charge is -2.16. The molecular weight excluding hydrogens is 667 g/mol. The fourth-order valence-electron chi connectivity index (χ4n) is 8.40. The van der Waals surface area contributed by atoms with Crippen molar-refractivity contribution < 1.29 is 0 Å². The normalized spacial score (nSPS) is 11.6. The van der Waals surface area contributed by atoms with E-state index in [1.807, 2.05) is 0 Å². The molecule has 0 spiro atoms. The maximum absolute atomic E-state index is 5.42. The third-order valence-electron chi connectivity index (χ3n) is 11.0. The Morgan fingerprint density at radius 2 is 0.891 bits per heavy atom. The summed E-state index contributed by atoms with van der Waals surface area (Å²) in [6.07, 6.45) is 0. The second-order valence-corrected chi connectivity index (χ2v) is 14.2. The van der Waals surface area contributed by atoms with Gasteiger partial charge in [0.15, 0.2) is 5.82 Å². The molecule has 0 saturated heterocycles. The lowest BCUT2D eigenvalue weighted by atomic mass is 9.91. The van der Waals surface area contributed by atoms with Gasteiger partial charge >= 0.3 is 0 Å². The minimum atomic E-state index is 0.691. The third-order valence-corrected chi connectivity index (χ3v) is 11.0. The molecule has 0 bridgehead atoms. The lowest BCUT2D eigenvalue weighted by molar-refractivity contribution is 1.17. The van der Waals surface area contributed by atoms with E-state index in [0.717, 1.165) is 39.3 Å². The summed E-state index contributed by atoms with van der Waals surface area (Å²) in [5.74, 6) is 0.691. The summed E-state index contributed by atoms with van der Waals surface area (Å²) in [5, 5.41) is 9.68. The number of benzene rings is 9. The fourth-order valence-corrected chi connectivity index (χ4v) is 8.40. The minimum Gasteiger partial charge on any atom is -0.309 e. The molecule has 0 atom stereocenters. The van der Waals surface area contributed by atoms with E-state index >= 15 is 0 Å². The largest absolute Gasteiger partial charge is 0.309 e. The Labute approximate surface area is 318 Å². The summed E-state index contributed by atoms with van der Waals surface area (Å²) >= 11 is 0. The molecule has 0 saturated carbocycles. The summed E-state index contributed by atoms with van der Waals surface area (Å²) in [6.45, 7) is 0. The van der Waals surface area contributed by atoms with Crippen molar-refractivity contribution in [1.29, 1.82) is 0 Å². The quantitative estimate of drug-likeness (QED) is 0.132. The molecule has 0 N–H and O–H groups in total. The smallest absolute Gasteiger partial charge is 0.160 e. The number of rotatable bonds is 5.